The molecule has 1 N–H and O–H groups in total. The molecule has 1 saturated heterocycles. The van der Waals surface area contributed by atoms with Gasteiger partial charge in [0.1, 0.15) is 5.60 Å². The van der Waals surface area contributed by atoms with Gasteiger partial charge in [-0.15, -0.1) is 0 Å². The maximum absolute atomic E-state index is 13.7. The minimum atomic E-state index is -3.95. The van der Waals surface area contributed by atoms with E-state index in [0.29, 0.717) is 35.8 Å². The Morgan fingerprint density at radius 1 is 1.11 bits per heavy atom. The van der Waals surface area contributed by atoms with Crippen molar-refractivity contribution < 1.29 is 22.7 Å². The topological polar surface area (TPSA) is 96.0 Å². The normalized spacial score (nSPS) is 20.7. The zero-order valence-electron chi connectivity index (χ0n) is 21.5. The van der Waals surface area contributed by atoms with E-state index in [4.69, 9.17) is 4.74 Å². The molecule has 35 heavy (non-hydrogen) atoms. The van der Waals surface area contributed by atoms with Gasteiger partial charge in [-0.3, -0.25) is 4.79 Å². The van der Waals surface area contributed by atoms with E-state index >= 15 is 0 Å². The molecule has 0 aliphatic carbocycles. The summed E-state index contributed by atoms with van der Waals surface area (Å²) in [6, 6.07) is 7.60. The van der Waals surface area contributed by atoms with E-state index in [2.05, 4.69) is 4.72 Å². The molecule has 2 aliphatic rings. The second-order valence-corrected chi connectivity index (χ2v) is 13.0. The van der Waals surface area contributed by atoms with Crippen LogP contribution in [0.15, 0.2) is 35.2 Å². The van der Waals surface area contributed by atoms with Gasteiger partial charge in [0.25, 0.3) is 5.91 Å². The summed E-state index contributed by atoms with van der Waals surface area (Å²) in [6.07, 6.45) is 0.0340. The molecule has 0 radical (unpaired) electrons. The van der Waals surface area contributed by atoms with E-state index in [9.17, 15) is 18.0 Å². The standard InChI is InChI=1S/C26H35N3O5S/c1-8-28-19-12-13-20(16-10-9-11-17(21(16)19)23(28)30)35(32,33)27-18-14-15-29(22(18)25(2,3)4)24(31)34-26(5,6)7/h9-13,18,22,27H,8,14-15H2,1-7H3. The SMILES string of the molecule is CCN1C(=O)c2cccc3c(S(=O)(=O)NC4CCN(C(=O)OC(C)(C)C)C4C(C)(C)C)ccc1c23. The summed E-state index contributed by atoms with van der Waals surface area (Å²) in [5.74, 6) is -0.118. The number of amides is 2. The molecule has 2 atom stereocenters. The molecule has 2 heterocycles. The number of nitrogens with one attached hydrogen (secondary N) is 1. The molecule has 0 bridgehead atoms. The van der Waals surface area contributed by atoms with E-state index in [-0.39, 0.29) is 16.8 Å². The lowest BCUT2D eigenvalue weighted by atomic mass is 9.83. The fourth-order valence-electron chi connectivity index (χ4n) is 5.34. The molecule has 190 valence electrons. The maximum atomic E-state index is 13.7. The zero-order chi connectivity index (χ0) is 25.9. The third-order valence-corrected chi connectivity index (χ3v) is 8.12. The van der Waals surface area contributed by atoms with Gasteiger partial charge in [0.05, 0.1) is 16.6 Å². The third-order valence-electron chi connectivity index (χ3n) is 6.57. The maximum Gasteiger partial charge on any atom is 0.410 e. The van der Waals surface area contributed by atoms with Crippen molar-refractivity contribution in [2.45, 2.75) is 77.5 Å². The first-order chi connectivity index (χ1) is 16.2. The number of anilines is 1. The molecule has 2 amide bonds. The van der Waals surface area contributed by atoms with Crippen LogP contribution >= 0.6 is 0 Å². The van der Waals surface area contributed by atoms with Crippen LogP contribution in [0, 0.1) is 5.41 Å². The number of carbonyl (C=O) groups is 2. The molecule has 9 heteroatoms. The lowest BCUT2D eigenvalue weighted by Crippen LogP contribution is -2.53. The fourth-order valence-corrected chi connectivity index (χ4v) is 6.82. The Hall–Kier alpha value is -2.65. The van der Waals surface area contributed by atoms with Crippen LogP contribution in [0.3, 0.4) is 0 Å². The molecule has 8 nitrogen and oxygen atoms in total. The van der Waals surface area contributed by atoms with Crippen LogP contribution in [0.1, 0.15) is 65.2 Å². The molecule has 2 aliphatic heterocycles. The minimum absolute atomic E-state index is 0.118. The van der Waals surface area contributed by atoms with Gasteiger partial charge < -0.3 is 14.5 Å². The second kappa shape index (κ2) is 8.48. The number of likely N-dealkylation sites (tertiary alicyclic amines) is 1. The minimum Gasteiger partial charge on any atom is -0.444 e. The highest BCUT2D eigenvalue weighted by Gasteiger charge is 2.47. The molecular weight excluding hydrogens is 466 g/mol. The van der Waals surface area contributed by atoms with Crippen molar-refractivity contribution in [3.8, 4) is 0 Å². The first kappa shape index (κ1) is 25.4. The molecule has 1 fully saturated rings. The summed E-state index contributed by atoms with van der Waals surface area (Å²) >= 11 is 0. The number of sulfonamides is 1. The van der Waals surface area contributed by atoms with E-state index in [1.165, 1.54) is 0 Å². The van der Waals surface area contributed by atoms with Gasteiger partial charge in [0, 0.05) is 35.5 Å². The lowest BCUT2D eigenvalue weighted by molar-refractivity contribution is 0.0104. The molecule has 0 spiro atoms. The number of benzene rings is 2. The van der Waals surface area contributed by atoms with Crippen LogP contribution in [0.2, 0.25) is 0 Å². The van der Waals surface area contributed by atoms with Crippen molar-refractivity contribution in [1.29, 1.82) is 0 Å². The Balaban J connectivity index is 1.70. The summed E-state index contributed by atoms with van der Waals surface area (Å²) in [6.45, 7) is 14.2. The monoisotopic (exact) mass is 501 g/mol. The molecule has 2 unspecified atom stereocenters. The van der Waals surface area contributed by atoms with Gasteiger partial charge in [0.2, 0.25) is 10.0 Å². The molecule has 2 aromatic rings. The van der Waals surface area contributed by atoms with E-state index in [0.717, 1.165) is 5.69 Å². The summed E-state index contributed by atoms with van der Waals surface area (Å²) in [7, 11) is -3.95. The first-order valence-corrected chi connectivity index (χ1v) is 13.5. The Kier molecular flexibility index (Phi) is 6.17. The van der Waals surface area contributed by atoms with Gasteiger partial charge in [-0.1, -0.05) is 32.9 Å². The van der Waals surface area contributed by atoms with Gasteiger partial charge in [0.15, 0.2) is 0 Å². The average Bonchev–Trinajstić information content (AvgIpc) is 3.27. The van der Waals surface area contributed by atoms with Gasteiger partial charge in [-0.25, -0.2) is 17.9 Å². The molecule has 0 aromatic heterocycles. The average molecular weight is 502 g/mol. The Morgan fingerprint density at radius 3 is 2.40 bits per heavy atom. The predicted molar refractivity (Wildman–Crippen MR) is 136 cm³/mol. The highest BCUT2D eigenvalue weighted by molar-refractivity contribution is 7.89. The largest absolute Gasteiger partial charge is 0.444 e. The van der Waals surface area contributed by atoms with Crippen LogP contribution in [0.25, 0.3) is 10.8 Å². The molecular formula is C26H35N3O5S. The predicted octanol–water partition coefficient (Wildman–Crippen LogP) is 4.52. The molecule has 0 saturated carbocycles. The van der Waals surface area contributed by atoms with E-state index < -0.39 is 33.2 Å². The van der Waals surface area contributed by atoms with Crippen molar-refractivity contribution in [2.24, 2.45) is 5.41 Å². The Morgan fingerprint density at radius 2 is 1.80 bits per heavy atom. The van der Waals surface area contributed by atoms with Crippen LogP contribution < -0.4 is 9.62 Å². The van der Waals surface area contributed by atoms with Crippen LogP contribution in [-0.4, -0.2) is 56.1 Å². The number of rotatable bonds is 4. The molecule has 4 rings (SSSR count). The number of hydrogen-bond acceptors (Lipinski definition) is 5. The highest BCUT2D eigenvalue weighted by atomic mass is 32.2. The summed E-state index contributed by atoms with van der Waals surface area (Å²) in [5, 5.41) is 1.18. The van der Waals surface area contributed by atoms with E-state index in [1.54, 1.807) is 40.1 Å². The smallest absolute Gasteiger partial charge is 0.410 e. The number of carbonyl (C=O) groups excluding carboxylic acids is 2. The Bertz CT molecular complexity index is 1290. The van der Waals surface area contributed by atoms with Crippen molar-refractivity contribution in [1.82, 2.24) is 9.62 Å². The third kappa shape index (κ3) is 4.51. The zero-order valence-corrected chi connectivity index (χ0v) is 22.3. The highest BCUT2D eigenvalue weighted by Crippen LogP contribution is 2.41. The second-order valence-electron chi connectivity index (χ2n) is 11.4. The number of nitrogens with zero attached hydrogens (tertiary/aromatic N) is 2. The van der Waals surface area contributed by atoms with Crippen LogP contribution in [-0.2, 0) is 14.8 Å². The molecule has 2 aromatic carbocycles. The fraction of sp³-hybridized carbons (Fsp3) is 0.538. The van der Waals surface area contributed by atoms with E-state index in [1.807, 2.05) is 48.5 Å². The quantitative estimate of drug-likeness (QED) is 0.664. The van der Waals surface area contributed by atoms with Gasteiger partial charge in [-0.2, -0.15) is 0 Å². The Labute approximate surface area is 207 Å². The lowest BCUT2D eigenvalue weighted by Gasteiger charge is -2.38. The summed E-state index contributed by atoms with van der Waals surface area (Å²) in [4.78, 5) is 29.2. The van der Waals surface area contributed by atoms with Crippen LogP contribution in [0.5, 0.6) is 0 Å². The van der Waals surface area contributed by atoms with Crippen molar-refractivity contribution in [2.75, 3.05) is 18.0 Å². The van der Waals surface area contributed by atoms with Gasteiger partial charge in [-0.05, 0) is 57.7 Å². The summed E-state index contributed by atoms with van der Waals surface area (Å²) < 4.78 is 35.9. The van der Waals surface area contributed by atoms with Crippen molar-refractivity contribution >= 4 is 38.5 Å². The summed E-state index contributed by atoms with van der Waals surface area (Å²) in [5.41, 5.74) is 0.204. The first-order valence-electron chi connectivity index (χ1n) is 12.1. The van der Waals surface area contributed by atoms with Crippen LogP contribution in [0.4, 0.5) is 10.5 Å². The van der Waals surface area contributed by atoms with Gasteiger partial charge >= 0.3 is 6.09 Å². The van der Waals surface area contributed by atoms with Crippen molar-refractivity contribution in [3.63, 3.8) is 0 Å². The van der Waals surface area contributed by atoms with Crippen molar-refractivity contribution in [3.05, 3.63) is 35.9 Å². The number of ether oxygens (including phenoxy) is 1. The number of hydrogen-bond donors (Lipinski definition) is 1.